The summed E-state index contributed by atoms with van der Waals surface area (Å²) in [7, 11) is 0. The number of benzene rings is 1. The summed E-state index contributed by atoms with van der Waals surface area (Å²) in [6.45, 7) is 5.71. The van der Waals surface area contributed by atoms with Crippen LogP contribution in [-0.2, 0) is 6.42 Å². The Balaban J connectivity index is 0.00000256. The van der Waals surface area contributed by atoms with Crippen molar-refractivity contribution in [1.82, 2.24) is 15.6 Å². The van der Waals surface area contributed by atoms with Gasteiger partial charge < -0.3 is 20.5 Å². The standard InChI is InChI=1S/C22H28FN5S.HI/c1-2-24-22(27-18-8-11-28(12-9-18)21-4-3-13-29-21)25-10-7-16-15-26-20-6-5-17(23)14-19(16)20;/h3-6,13-15,18,26H,2,7-12H2,1H3,(H2,24,25,27);1H. The van der Waals surface area contributed by atoms with Crippen LogP contribution in [0.15, 0.2) is 46.9 Å². The molecule has 30 heavy (non-hydrogen) atoms. The van der Waals surface area contributed by atoms with Gasteiger partial charge in [0, 0.05) is 49.3 Å². The summed E-state index contributed by atoms with van der Waals surface area (Å²) >= 11 is 1.81. The van der Waals surface area contributed by atoms with E-state index >= 15 is 0 Å². The molecule has 1 saturated heterocycles. The number of anilines is 1. The van der Waals surface area contributed by atoms with Gasteiger partial charge in [0.05, 0.1) is 5.00 Å². The van der Waals surface area contributed by atoms with Crippen LogP contribution in [0, 0.1) is 5.82 Å². The van der Waals surface area contributed by atoms with Crippen molar-refractivity contribution in [2.75, 3.05) is 31.1 Å². The molecule has 0 spiro atoms. The first-order valence-corrected chi connectivity index (χ1v) is 11.2. The number of guanidine groups is 1. The predicted molar refractivity (Wildman–Crippen MR) is 136 cm³/mol. The second kappa shape index (κ2) is 11.0. The average molecular weight is 541 g/mol. The number of aromatic nitrogens is 1. The molecule has 0 aliphatic carbocycles. The summed E-state index contributed by atoms with van der Waals surface area (Å²) < 4.78 is 13.6. The van der Waals surface area contributed by atoms with Crippen molar-refractivity contribution >= 4 is 57.2 Å². The second-order valence-electron chi connectivity index (χ2n) is 7.37. The summed E-state index contributed by atoms with van der Waals surface area (Å²) in [5.41, 5.74) is 2.07. The van der Waals surface area contributed by atoms with E-state index < -0.39 is 0 Å². The van der Waals surface area contributed by atoms with Gasteiger partial charge >= 0.3 is 0 Å². The zero-order valence-corrected chi connectivity index (χ0v) is 20.3. The van der Waals surface area contributed by atoms with Gasteiger partial charge in [-0.3, -0.25) is 4.99 Å². The molecule has 8 heteroatoms. The molecule has 5 nitrogen and oxygen atoms in total. The molecule has 3 N–H and O–H groups in total. The van der Waals surface area contributed by atoms with E-state index in [2.05, 4.69) is 45.0 Å². The Bertz CT molecular complexity index is 948. The summed E-state index contributed by atoms with van der Waals surface area (Å²) in [5, 5.41) is 11.4. The van der Waals surface area contributed by atoms with Crippen molar-refractivity contribution in [1.29, 1.82) is 0 Å². The van der Waals surface area contributed by atoms with E-state index in [0.29, 0.717) is 12.6 Å². The van der Waals surface area contributed by atoms with Gasteiger partial charge in [-0.1, -0.05) is 0 Å². The van der Waals surface area contributed by atoms with Crippen LogP contribution in [-0.4, -0.2) is 43.2 Å². The van der Waals surface area contributed by atoms with Crippen LogP contribution in [0.5, 0.6) is 0 Å². The Hall–Kier alpha value is -1.81. The van der Waals surface area contributed by atoms with Gasteiger partial charge in [0.2, 0.25) is 0 Å². The lowest BCUT2D eigenvalue weighted by molar-refractivity contribution is 0.463. The molecule has 162 valence electrons. The van der Waals surface area contributed by atoms with Crippen molar-refractivity contribution in [2.24, 2.45) is 4.99 Å². The average Bonchev–Trinajstić information content (AvgIpc) is 3.39. The molecule has 0 amide bonds. The zero-order valence-electron chi connectivity index (χ0n) is 17.2. The molecule has 3 aromatic rings. The predicted octanol–water partition coefficient (Wildman–Crippen LogP) is 4.75. The van der Waals surface area contributed by atoms with Gasteiger partial charge in [-0.15, -0.1) is 35.3 Å². The molecule has 4 rings (SSSR count). The van der Waals surface area contributed by atoms with Crippen molar-refractivity contribution in [3.8, 4) is 0 Å². The number of fused-ring (bicyclic) bond motifs is 1. The minimum atomic E-state index is -0.203. The zero-order chi connectivity index (χ0) is 20.1. The highest BCUT2D eigenvalue weighted by atomic mass is 127. The first-order valence-electron chi connectivity index (χ1n) is 10.3. The van der Waals surface area contributed by atoms with Gasteiger partial charge in [0.1, 0.15) is 5.82 Å². The number of hydrogen-bond donors (Lipinski definition) is 3. The third kappa shape index (κ3) is 5.66. The number of aromatic amines is 1. The molecular weight excluding hydrogens is 512 g/mol. The van der Waals surface area contributed by atoms with Crippen LogP contribution < -0.4 is 15.5 Å². The highest BCUT2D eigenvalue weighted by molar-refractivity contribution is 14.0. The van der Waals surface area contributed by atoms with Crippen LogP contribution in [0.2, 0.25) is 0 Å². The largest absolute Gasteiger partial charge is 0.363 e. The molecule has 1 fully saturated rings. The summed E-state index contributed by atoms with van der Waals surface area (Å²) in [4.78, 5) is 10.4. The third-order valence-electron chi connectivity index (χ3n) is 5.38. The molecule has 1 aromatic carbocycles. The SMILES string of the molecule is CCNC(=NCCc1c[nH]c2ccc(F)cc12)NC1CCN(c2cccs2)CC1.I. The van der Waals surface area contributed by atoms with Crippen LogP contribution in [0.1, 0.15) is 25.3 Å². The van der Waals surface area contributed by atoms with E-state index in [1.165, 1.54) is 11.1 Å². The van der Waals surface area contributed by atoms with Gasteiger partial charge in [-0.2, -0.15) is 0 Å². The van der Waals surface area contributed by atoms with Gasteiger partial charge in [0.25, 0.3) is 0 Å². The lowest BCUT2D eigenvalue weighted by atomic mass is 10.1. The van der Waals surface area contributed by atoms with Crippen molar-refractivity contribution in [3.05, 3.63) is 53.3 Å². The van der Waals surface area contributed by atoms with E-state index in [1.54, 1.807) is 12.1 Å². The fraction of sp³-hybridized carbons (Fsp3) is 0.409. The van der Waals surface area contributed by atoms with Crippen molar-refractivity contribution < 1.29 is 4.39 Å². The number of aliphatic imine (C=N–C) groups is 1. The Labute approximate surface area is 198 Å². The van der Waals surface area contributed by atoms with E-state index in [-0.39, 0.29) is 29.8 Å². The fourth-order valence-corrected chi connectivity index (χ4v) is 4.64. The maximum Gasteiger partial charge on any atom is 0.191 e. The quantitative estimate of drug-likeness (QED) is 0.240. The van der Waals surface area contributed by atoms with E-state index in [9.17, 15) is 4.39 Å². The highest BCUT2D eigenvalue weighted by Crippen LogP contribution is 2.25. The Morgan fingerprint density at radius 1 is 1.30 bits per heavy atom. The maximum atomic E-state index is 13.6. The first kappa shape index (κ1) is 22.9. The molecule has 3 heterocycles. The number of piperidine rings is 1. The Morgan fingerprint density at radius 2 is 2.13 bits per heavy atom. The molecule has 2 aromatic heterocycles. The number of rotatable bonds is 6. The highest BCUT2D eigenvalue weighted by Gasteiger charge is 2.20. The lowest BCUT2D eigenvalue weighted by Crippen LogP contribution is -2.48. The van der Waals surface area contributed by atoms with Crippen molar-refractivity contribution in [2.45, 2.75) is 32.2 Å². The minimum Gasteiger partial charge on any atom is -0.363 e. The molecule has 0 unspecified atom stereocenters. The number of H-pyrrole nitrogens is 1. The molecule has 1 aliphatic heterocycles. The first-order chi connectivity index (χ1) is 14.2. The fourth-order valence-electron chi connectivity index (χ4n) is 3.85. The molecule has 0 bridgehead atoms. The number of thiophene rings is 1. The molecule has 0 atom stereocenters. The van der Waals surface area contributed by atoms with E-state index in [4.69, 9.17) is 4.99 Å². The monoisotopic (exact) mass is 541 g/mol. The van der Waals surface area contributed by atoms with Crippen LogP contribution in [0.3, 0.4) is 0 Å². The number of nitrogens with zero attached hydrogens (tertiary/aromatic N) is 2. The molecule has 0 radical (unpaired) electrons. The van der Waals surface area contributed by atoms with Gasteiger partial charge in [-0.05, 0) is 67.5 Å². The number of nitrogens with one attached hydrogen (secondary N) is 3. The lowest BCUT2D eigenvalue weighted by Gasteiger charge is -2.33. The third-order valence-corrected chi connectivity index (χ3v) is 6.31. The smallest absolute Gasteiger partial charge is 0.191 e. The normalized spacial score (nSPS) is 15.3. The topological polar surface area (TPSA) is 55.5 Å². The summed E-state index contributed by atoms with van der Waals surface area (Å²) in [5.74, 6) is 0.666. The van der Waals surface area contributed by atoms with Crippen LogP contribution in [0.4, 0.5) is 9.39 Å². The summed E-state index contributed by atoms with van der Waals surface area (Å²) in [6.07, 6.45) is 4.94. The van der Waals surface area contributed by atoms with Gasteiger partial charge in [0.15, 0.2) is 5.96 Å². The van der Waals surface area contributed by atoms with Crippen LogP contribution in [0.25, 0.3) is 10.9 Å². The van der Waals surface area contributed by atoms with Gasteiger partial charge in [-0.25, -0.2) is 4.39 Å². The maximum absolute atomic E-state index is 13.6. The van der Waals surface area contributed by atoms with E-state index in [0.717, 1.165) is 61.3 Å². The molecule has 1 aliphatic rings. The minimum absolute atomic E-state index is 0. The Kier molecular flexibility index (Phi) is 8.38. The van der Waals surface area contributed by atoms with Crippen molar-refractivity contribution in [3.63, 3.8) is 0 Å². The Morgan fingerprint density at radius 3 is 2.87 bits per heavy atom. The molecular formula is C22H29FIN5S. The molecule has 0 saturated carbocycles. The second-order valence-corrected chi connectivity index (χ2v) is 8.30. The summed E-state index contributed by atoms with van der Waals surface area (Å²) in [6, 6.07) is 9.60. The number of halogens is 2. The van der Waals surface area contributed by atoms with E-state index in [1.807, 2.05) is 17.5 Å². The van der Waals surface area contributed by atoms with Crippen LogP contribution >= 0.6 is 35.3 Å². The number of hydrogen-bond acceptors (Lipinski definition) is 3.